The lowest BCUT2D eigenvalue weighted by atomic mass is 9.95. The zero-order chi connectivity index (χ0) is 20.4. The second kappa shape index (κ2) is 8.66. The molecule has 0 saturated carbocycles. The molecule has 1 saturated heterocycles. The lowest BCUT2D eigenvalue weighted by molar-refractivity contribution is 0.0195. The van der Waals surface area contributed by atoms with E-state index < -0.39 is 0 Å². The van der Waals surface area contributed by atoms with Gasteiger partial charge in [0.05, 0.1) is 6.04 Å². The lowest BCUT2D eigenvalue weighted by Crippen LogP contribution is -2.56. The third kappa shape index (κ3) is 4.53. The Hall–Kier alpha value is -2.21. The number of phenols is 1. The van der Waals surface area contributed by atoms with Crippen LogP contribution in [0, 0.1) is 5.82 Å². The maximum absolute atomic E-state index is 13.6. The summed E-state index contributed by atoms with van der Waals surface area (Å²) in [5.74, 6) is 0.122. The van der Waals surface area contributed by atoms with Crippen molar-refractivity contribution < 1.29 is 9.50 Å². The average molecular weight is 411 g/mol. The second-order valence-electron chi connectivity index (χ2n) is 8.01. The van der Waals surface area contributed by atoms with E-state index >= 15 is 0 Å². The molecule has 0 bridgehead atoms. The fourth-order valence-electron chi connectivity index (χ4n) is 4.38. The van der Waals surface area contributed by atoms with Gasteiger partial charge < -0.3 is 5.11 Å². The van der Waals surface area contributed by atoms with Gasteiger partial charge in [-0.3, -0.25) is 9.80 Å². The van der Waals surface area contributed by atoms with E-state index in [1.807, 2.05) is 18.2 Å². The maximum atomic E-state index is 13.6. The Morgan fingerprint density at radius 3 is 2.59 bits per heavy atom. The van der Waals surface area contributed by atoms with E-state index in [0.717, 1.165) is 30.8 Å². The van der Waals surface area contributed by atoms with E-state index in [-0.39, 0.29) is 11.9 Å². The Morgan fingerprint density at radius 2 is 1.86 bits per heavy atom. The predicted octanol–water partition coefficient (Wildman–Crippen LogP) is 5.28. The summed E-state index contributed by atoms with van der Waals surface area (Å²) in [6.45, 7) is 7.08. The Morgan fingerprint density at radius 1 is 1.03 bits per heavy atom. The molecule has 1 N–H and O–H groups in total. The van der Waals surface area contributed by atoms with E-state index in [4.69, 9.17) is 0 Å². The summed E-state index contributed by atoms with van der Waals surface area (Å²) in [4.78, 5) is 4.96. The lowest BCUT2D eigenvalue weighted by Gasteiger charge is -2.47. The number of piperazine rings is 1. The highest BCUT2D eigenvalue weighted by atomic mass is 32.1. The van der Waals surface area contributed by atoms with Crippen molar-refractivity contribution in [1.82, 2.24) is 9.80 Å². The van der Waals surface area contributed by atoms with Gasteiger partial charge in [-0.05, 0) is 71.6 Å². The predicted molar refractivity (Wildman–Crippen MR) is 117 cm³/mol. The fourth-order valence-corrected chi connectivity index (χ4v) is 5.05. The first-order chi connectivity index (χ1) is 14.0. The number of benzene rings is 2. The zero-order valence-electron chi connectivity index (χ0n) is 16.8. The van der Waals surface area contributed by atoms with E-state index in [1.165, 1.54) is 11.6 Å². The SMILES string of the molecule is C[C@@H]1CN(C(c2ccsc2)c2cccc(O)c2)[C@@H](C)CN1Cc1cccc(F)c1. The van der Waals surface area contributed by atoms with E-state index in [2.05, 4.69) is 46.5 Å². The van der Waals surface area contributed by atoms with Crippen LogP contribution < -0.4 is 0 Å². The van der Waals surface area contributed by atoms with Gasteiger partial charge in [-0.1, -0.05) is 24.3 Å². The van der Waals surface area contributed by atoms with Crippen LogP contribution in [0.4, 0.5) is 4.39 Å². The number of thiophene rings is 1. The fraction of sp³-hybridized carbons (Fsp3) is 0.333. The molecule has 1 aliphatic heterocycles. The summed E-state index contributed by atoms with van der Waals surface area (Å²) in [5.41, 5.74) is 3.39. The third-order valence-corrected chi connectivity index (χ3v) is 6.52. The number of rotatable bonds is 5. The van der Waals surface area contributed by atoms with Gasteiger partial charge in [0.15, 0.2) is 0 Å². The molecule has 5 heteroatoms. The van der Waals surface area contributed by atoms with Crippen LogP contribution in [0.3, 0.4) is 0 Å². The number of hydrogen-bond acceptors (Lipinski definition) is 4. The minimum absolute atomic E-state index is 0.113. The highest BCUT2D eigenvalue weighted by Crippen LogP contribution is 2.35. The molecule has 3 aromatic rings. The molecule has 0 aliphatic carbocycles. The molecule has 1 aliphatic rings. The van der Waals surface area contributed by atoms with E-state index in [9.17, 15) is 9.50 Å². The van der Waals surface area contributed by atoms with Gasteiger partial charge in [-0.25, -0.2) is 4.39 Å². The van der Waals surface area contributed by atoms with Crippen molar-refractivity contribution >= 4 is 11.3 Å². The third-order valence-electron chi connectivity index (χ3n) is 5.81. The van der Waals surface area contributed by atoms with E-state index in [1.54, 1.807) is 29.5 Å². The van der Waals surface area contributed by atoms with Crippen LogP contribution in [0.5, 0.6) is 5.75 Å². The maximum Gasteiger partial charge on any atom is 0.123 e. The molecular weight excluding hydrogens is 383 g/mol. The van der Waals surface area contributed by atoms with Gasteiger partial charge >= 0.3 is 0 Å². The van der Waals surface area contributed by atoms with E-state index in [0.29, 0.717) is 17.8 Å². The van der Waals surface area contributed by atoms with Gasteiger partial charge in [0, 0.05) is 31.7 Å². The molecule has 4 rings (SSSR count). The first-order valence-corrected chi connectivity index (χ1v) is 11.0. The zero-order valence-corrected chi connectivity index (χ0v) is 17.6. The number of phenolic OH excluding ortho intramolecular Hbond substituents is 1. The highest BCUT2D eigenvalue weighted by Gasteiger charge is 2.35. The van der Waals surface area contributed by atoms with Crippen molar-refractivity contribution in [2.45, 2.75) is 38.5 Å². The summed E-state index contributed by atoms with van der Waals surface area (Å²) in [5, 5.41) is 14.4. The monoisotopic (exact) mass is 410 g/mol. The summed E-state index contributed by atoms with van der Waals surface area (Å²) >= 11 is 1.70. The highest BCUT2D eigenvalue weighted by molar-refractivity contribution is 7.08. The first kappa shape index (κ1) is 20.1. The molecule has 2 aromatic carbocycles. The Bertz CT molecular complexity index is 946. The smallest absolute Gasteiger partial charge is 0.123 e. The van der Waals surface area contributed by atoms with Gasteiger partial charge in [0.1, 0.15) is 11.6 Å². The summed E-state index contributed by atoms with van der Waals surface area (Å²) in [6.07, 6.45) is 0. The molecule has 0 radical (unpaired) electrons. The van der Waals surface area contributed by atoms with Crippen LogP contribution in [0.1, 0.15) is 36.6 Å². The number of nitrogens with zero attached hydrogens (tertiary/aromatic N) is 2. The van der Waals surface area contributed by atoms with Crippen molar-refractivity contribution in [1.29, 1.82) is 0 Å². The largest absolute Gasteiger partial charge is 0.508 e. The van der Waals surface area contributed by atoms with Crippen molar-refractivity contribution in [3.8, 4) is 5.75 Å². The normalized spacial score (nSPS) is 21.9. The molecule has 0 spiro atoms. The van der Waals surface area contributed by atoms with Crippen molar-refractivity contribution in [2.24, 2.45) is 0 Å². The van der Waals surface area contributed by atoms with Crippen LogP contribution in [0.2, 0.25) is 0 Å². The first-order valence-electron chi connectivity index (χ1n) is 10.1. The van der Waals surface area contributed by atoms with Crippen LogP contribution in [-0.2, 0) is 6.54 Å². The molecule has 3 atom stereocenters. The minimum atomic E-state index is -0.178. The molecule has 2 heterocycles. The van der Waals surface area contributed by atoms with Crippen LogP contribution >= 0.6 is 11.3 Å². The Kier molecular flexibility index (Phi) is 5.99. The Balaban J connectivity index is 1.57. The van der Waals surface area contributed by atoms with Crippen molar-refractivity contribution in [2.75, 3.05) is 13.1 Å². The summed E-state index contributed by atoms with van der Waals surface area (Å²) in [7, 11) is 0. The summed E-state index contributed by atoms with van der Waals surface area (Å²) < 4.78 is 13.6. The number of aromatic hydroxyl groups is 1. The summed E-state index contributed by atoms with van der Waals surface area (Å²) in [6, 6.07) is 17.5. The molecule has 1 aromatic heterocycles. The van der Waals surface area contributed by atoms with Gasteiger partial charge in [-0.15, -0.1) is 0 Å². The van der Waals surface area contributed by atoms with Crippen molar-refractivity contribution in [3.05, 3.63) is 87.9 Å². The molecular formula is C24H27FN2OS. The second-order valence-corrected chi connectivity index (χ2v) is 8.79. The van der Waals surface area contributed by atoms with Crippen LogP contribution in [0.15, 0.2) is 65.4 Å². The molecule has 3 nitrogen and oxygen atoms in total. The van der Waals surface area contributed by atoms with Crippen molar-refractivity contribution in [3.63, 3.8) is 0 Å². The van der Waals surface area contributed by atoms with Gasteiger partial charge in [0.2, 0.25) is 0 Å². The Labute approximate surface area is 176 Å². The molecule has 1 unspecified atom stereocenters. The molecule has 0 amide bonds. The molecule has 1 fully saturated rings. The van der Waals surface area contributed by atoms with Crippen LogP contribution in [-0.4, -0.2) is 40.1 Å². The standard InChI is InChI=1S/C24H27FN2OS/c1-17-14-27(18(2)13-26(17)15-19-5-3-7-22(25)11-19)24(21-9-10-29-16-21)20-6-4-8-23(28)12-20/h3-12,16-18,24,28H,13-15H2,1-2H3/t17-,18+,24?/m1/s1. The molecule has 29 heavy (non-hydrogen) atoms. The van der Waals surface area contributed by atoms with Gasteiger partial charge in [0.25, 0.3) is 0 Å². The topological polar surface area (TPSA) is 26.7 Å². The number of hydrogen-bond donors (Lipinski definition) is 1. The van der Waals surface area contributed by atoms with Gasteiger partial charge in [-0.2, -0.15) is 11.3 Å². The minimum Gasteiger partial charge on any atom is -0.508 e. The number of halogens is 1. The molecule has 152 valence electrons. The average Bonchev–Trinajstić information content (AvgIpc) is 3.20. The van der Waals surface area contributed by atoms with Crippen LogP contribution in [0.25, 0.3) is 0 Å². The quantitative estimate of drug-likeness (QED) is 0.620.